The Balaban J connectivity index is 1.25. The Bertz CT molecular complexity index is 1250. The van der Waals surface area contributed by atoms with Gasteiger partial charge in [0.1, 0.15) is 5.82 Å². The van der Waals surface area contributed by atoms with Gasteiger partial charge >= 0.3 is 0 Å². The fourth-order valence-electron chi connectivity index (χ4n) is 5.62. The van der Waals surface area contributed by atoms with Crippen molar-refractivity contribution in [1.29, 1.82) is 0 Å². The molecule has 2 aliphatic heterocycles. The van der Waals surface area contributed by atoms with Gasteiger partial charge in [-0.2, -0.15) is 0 Å². The number of benzene rings is 2. The smallest absolute Gasteiger partial charge is 0.259 e. The van der Waals surface area contributed by atoms with Crippen LogP contribution >= 0.6 is 34.5 Å². The molecule has 36 heavy (non-hydrogen) atoms. The van der Waals surface area contributed by atoms with Crippen molar-refractivity contribution in [2.45, 2.75) is 12.3 Å². The number of nitrogens with two attached hydrogens (primary N) is 1. The van der Waals surface area contributed by atoms with Crippen LogP contribution in [-0.2, 0) is 0 Å². The van der Waals surface area contributed by atoms with Gasteiger partial charge in [0.25, 0.3) is 11.8 Å². The first-order valence-electron chi connectivity index (χ1n) is 11.9. The minimum atomic E-state index is -0.581. The number of primary amides is 1. The second kappa shape index (κ2) is 10.5. The van der Waals surface area contributed by atoms with Crippen molar-refractivity contribution in [3.8, 4) is 0 Å². The van der Waals surface area contributed by atoms with Crippen LogP contribution in [0.15, 0.2) is 54.6 Å². The molecule has 0 aliphatic carbocycles. The Morgan fingerprint density at radius 1 is 1.03 bits per heavy atom. The van der Waals surface area contributed by atoms with Gasteiger partial charge in [-0.3, -0.25) is 9.59 Å². The van der Waals surface area contributed by atoms with Gasteiger partial charge in [-0.05, 0) is 54.1 Å². The Morgan fingerprint density at radius 3 is 2.36 bits per heavy atom. The minimum absolute atomic E-state index is 0.000774. The zero-order valence-electron chi connectivity index (χ0n) is 19.5. The van der Waals surface area contributed by atoms with E-state index in [0.717, 1.165) is 37.2 Å². The first-order valence-corrected chi connectivity index (χ1v) is 13.5. The van der Waals surface area contributed by atoms with Crippen molar-refractivity contribution < 1.29 is 14.0 Å². The number of hydrogen-bond acceptors (Lipinski definition) is 4. The molecule has 3 aromatic rings. The second-order valence-corrected chi connectivity index (χ2v) is 11.6. The fraction of sp³-hybridized carbons (Fsp3) is 0.333. The first kappa shape index (κ1) is 25.2. The van der Waals surface area contributed by atoms with Crippen LogP contribution in [0.2, 0.25) is 9.36 Å². The standard InChI is InChI=1S/C27H26Cl2FN3O2S/c28-21-7-4-8-22(30)24(21)27(35)33-14-17-12-32(13-18(17)15-33)10-9-19(16-5-2-1-3-6-16)20-11-23(29)36-25(20)26(31)34/h1-8,11,17-19H,9-10,12-15H2,(H2,31,34)/t17?,18?,19-/m0/s1. The molecular formula is C27H26Cl2FN3O2S. The van der Waals surface area contributed by atoms with E-state index in [1.807, 2.05) is 24.3 Å². The third-order valence-corrected chi connectivity index (χ3v) is 8.90. The van der Waals surface area contributed by atoms with Crippen LogP contribution in [0, 0.1) is 17.7 Å². The van der Waals surface area contributed by atoms with E-state index in [4.69, 9.17) is 28.9 Å². The molecule has 3 atom stereocenters. The molecule has 2 N–H and O–H groups in total. The van der Waals surface area contributed by atoms with E-state index in [9.17, 15) is 14.0 Å². The number of carbonyl (C=O) groups is 2. The van der Waals surface area contributed by atoms with Crippen LogP contribution < -0.4 is 5.73 Å². The number of rotatable bonds is 7. The zero-order valence-corrected chi connectivity index (χ0v) is 21.8. The second-order valence-electron chi connectivity index (χ2n) is 9.54. The highest BCUT2D eigenvalue weighted by Gasteiger charge is 2.42. The number of carbonyl (C=O) groups excluding carboxylic acids is 2. The molecule has 0 bridgehead atoms. The number of amides is 2. The van der Waals surface area contributed by atoms with E-state index < -0.39 is 11.7 Å². The molecule has 0 spiro atoms. The van der Waals surface area contributed by atoms with Crippen LogP contribution in [0.3, 0.4) is 0 Å². The van der Waals surface area contributed by atoms with Crippen molar-refractivity contribution >= 4 is 46.4 Å². The molecule has 3 heterocycles. The van der Waals surface area contributed by atoms with E-state index in [-0.39, 0.29) is 22.4 Å². The molecule has 2 saturated heterocycles. The molecule has 5 rings (SSSR count). The van der Waals surface area contributed by atoms with Gasteiger partial charge in [-0.1, -0.05) is 59.6 Å². The number of hydrogen-bond donors (Lipinski definition) is 1. The number of fused-ring (bicyclic) bond motifs is 1. The molecule has 9 heteroatoms. The SMILES string of the molecule is NC(=O)c1sc(Cl)cc1[C@@H](CCN1CC2CN(C(=O)c3c(F)cccc3Cl)CC2C1)c1ccccc1. The monoisotopic (exact) mass is 545 g/mol. The predicted molar refractivity (Wildman–Crippen MR) is 141 cm³/mol. The molecule has 0 saturated carbocycles. The largest absolute Gasteiger partial charge is 0.365 e. The van der Waals surface area contributed by atoms with Crippen molar-refractivity contribution in [2.24, 2.45) is 17.6 Å². The van der Waals surface area contributed by atoms with E-state index in [1.54, 1.807) is 11.0 Å². The normalized spacial score (nSPS) is 20.5. The van der Waals surface area contributed by atoms with Crippen molar-refractivity contribution in [3.63, 3.8) is 0 Å². The Kier molecular flexibility index (Phi) is 7.35. The molecule has 2 unspecified atom stereocenters. The average molecular weight is 546 g/mol. The highest BCUT2D eigenvalue weighted by Crippen LogP contribution is 2.39. The third kappa shape index (κ3) is 5.02. The van der Waals surface area contributed by atoms with Gasteiger partial charge in [0, 0.05) is 32.1 Å². The minimum Gasteiger partial charge on any atom is -0.365 e. The van der Waals surface area contributed by atoms with Crippen molar-refractivity contribution in [1.82, 2.24) is 9.80 Å². The Hall–Kier alpha value is -2.45. The third-order valence-electron chi connectivity index (χ3n) is 7.29. The summed E-state index contributed by atoms with van der Waals surface area (Å²) in [6, 6.07) is 16.3. The maximum absolute atomic E-state index is 14.3. The quantitative estimate of drug-likeness (QED) is 0.425. The highest BCUT2D eigenvalue weighted by atomic mass is 35.5. The van der Waals surface area contributed by atoms with E-state index in [1.165, 1.54) is 23.5 Å². The first-order chi connectivity index (χ1) is 17.3. The number of likely N-dealkylation sites (tertiary alicyclic amines) is 2. The maximum atomic E-state index is 14.3. The van der Waals surface area contributed by atoms with Gasteiger partial charge in [0.05, 0.1) is 19.8 Å². The van der Waals surface area contributed by atoms with Crippen LogP contribution in [-0.4, -0.2) is 54.3 Å². The summed E-state index contributed by atoms with van der Waals surface area (Å²) in [6.07, 6.45) is 0.810. The van der Waals surface area contributed by atoms with E-state index >= 15 is 0 Å². The van der Waals surface area contributed by atoms with E-state index in [2.05, 4.69) is 17.0 Å². The van der Waals surface area contributed by atoms with E-state index in [0.29, 0.717) is 34.1 Å². The number of nitrogens with zero attached hydrogens (tertiary/aromatic N) is 2. The summed E-state index contributed by atoms with van der Waals surface area (Å²) in [6.45, 7) is 3.77. The van der Waals surface area contributed by atoms with Gasteiger partial charge < -0.3 is 15.5 Å². The van der Waals surface area contributed by atoms with Crippen LogP contribution in [0.5, 0.6) is 0 Å². The Morgan fingerprint density at radius 2 is 1.72 bits per heavy atom. The average Bonchev–Trinajstić information content (AvgIpc) is 3.53. The molecule has 2 amide bonds. The summed E-state index contributed by atoms with van der Waals surface area (Å²) < 4.78 is 14.8. The summed E-state index contributed by atoms with van der Waals surface area (Å²) in [7, 11) is 0. The van der Waals surface area contributed by atoms with Crippen LogP contribution in [0.25, 0.3) is 0 Å². The summed E-state index contributed by atoms with van der Waals surface area (Å²) in [5.41, 5.74) is 7.61. The zero-order chi connectivity index (χ0) is 25.4. The van der Waals surface area contributed by atoms with Gasteiger partial charge in [-0.25, -0.2) is 4.39 Å². The summed E-state index contributed by atoms with van der Waals surface area (Å²) in [4.78, 5) is 29.7. The Labute approximate surface area is 223 Å². The molecule has 2 aliphatic rings. The van der Waals surface area contributed by atoms with Crippen LogP contribution in [0.4, 0.5) is 4.39 Å². The predicted octanol–water partition coefficient (Wildman–Crippen LogP) is 5.52. The van der Waals surface area contributed by atoms with Gasteiger partial charge in [-0.15, -0.1) is 11.3 Å². The topological polar surface area (TPSA) is 66.6 Å². The van der Waals surface area contributed by atoms with Gasteiger partial charge in [0.15, 0.2) is 0 Å². The number of thiophene rings is 1. The summed E-state index contributed by atoms with van der Waals surface area (Å²) in [5, 5.41) is 0.148. The molecule has 5 nitrogen and oxygen atoms in total. The number of halogens is 3. The van der Waals surface area contributed by atoms with Crippen molar-refractivity contribution in [2.75, 3.05) is 32.7 Å². The molecule has 188 valence electrons. The summed E-state index contributed by atoms with van der Waals surface area (Å²) >= 11 is 13.6. The lowest BCUT2D eigenvalue weighted by atomic mass is 9.88. The lowest BCUT2D eigenvalue weighted by Crippen LogP contribution is -2.34. The highest BCUT2D eigenvalue weighted by molar-refractivity contribution is 7.18. The lowest BCUT2D eigenvalue weighted by molar-refractivity contribution is 0.0769. The lowest BCUT2D eigenvalue weighted by Gasteiger charge is -2.24. The maximum Gasteiger partial charge on any atom is 0.259 e. The van der Waals surface area contributed by atoms with Gasteiger partial charge in [0.2, 0.25) is 0 Å². The molecular weight excluding hydrogens is 520 g/mol. The molecule has 1 aromatic heterocycles. The van der Waals surface area contributed by atoms with Crippen molar-refractivity contribution in [3.05, 3.63) is 91.3 Å². The molecule has 0 radical (unpaired) electrons. The van der Waals surface area contributed by atoms with Crippen LogP contribution in [0.1, 0.15) is 43.5 Å². The molecule has 2 fully saturated rings. The molecule has 2 aromatic carbocycles. The summed E-state index contributed by atoms with van der Waals surface area (Å²) in [5.74, 6) is -0.700. The fourth-order valence-corrected chi connectivity index (χ4v) is 7.02.